The van der Waals surface area contributed by atoms with Gasteiger partial charge in [-0.2, -0.15) is 0 Å². The molecule has 0 spiro atoms. The Balaban J connectivity index is 1.41. The summed E-state index contributed by atoms with van der Waals surface area (Å²) < 4.78 is 33.4. The van der Waals surface area contributed by atoms with Gasteiger partial charge in [-0.3, -0.25) is 14.9 Å². The first-order valence-electron chi connectivity index (χ1n) is 12.9. The fraction of sp³-hybridized carbons (Fsp3) is 0.276. The molecular weight excluding hydrogens is 550 g/mol. The number of carbonyl (C=O) groups excluding carboxylic acids is 1. The van der Waals surface area contributed by atoms with Crippen molar-refractivity contribution in [3.63, 3.8) is 0 Å². The van der Waals surface area contributed by atoms with Crippen molar-refractivity contribution in [2.75, 3.05) is 24.7 Å². The molecule has 0 saturated heterocycles. The summed E-state index contributed by atoms with van der Waals surface area (Å²) in [4.78, 5) is 24.5. The fourth-order valence-corrected chi connectivity index (χ4v) is 6.20. The van der Waals surface area contributed by atoms with Gasteiger partial charge >= 0.3 is 0 Å². The van der Waals surface area contributed by atoms with Crippen molar-refractivity contribution >= 4 is 44.6 Å². The highest BCUT2D eigenvalue weighted by molar-refractivity contribution is 7.99. The van der Waals surface area contributed by atoms with Crippen LogP contribution in [0.25, 0.3) is 5.57 Å². The highest BCUT2D eigenvalue weighted by Gasteiger charge is 2.24. The fourth-order valence-electron chi connectivity index (χ4n) is 4.42. The van der Waals surface area contributed by atoms with Crippen LogP contribution in [0.4, 0.5) is 11.4 Å². The zero-order valence-electron chi connectivity index (χ0n) is 22.0. The van der Waals surface area contributed by atoms with Crippen molar-refractivity contribution in [1.29, 1.82) is 0 Å². The van der Waals surface area contributed by atoms with Crippen LogP contribution in [-0.4, -0.2) is 44.8 Å². The Bertz CT molecular complexity index is 1480. The molecule has 0 fully saturated rings. The number of sulfonamides is 1. The number of carbonyl (C=O) groups is 1. The first-order chi connectivity index (χ1) is 19.3. The van der Waals surface area contributed by atoms with Gasteiger partial charge in [0.05, 0.1) is 15.9 Å². The van der Waals surface area contributed by atoms with E-state index in [1.807, 2.05) is 35.1 Å². The number of hydrogen-bond donors (Lipinski definition) is 2. The Morgan fingerprint density at radius 1 is 1.10 bits per heavy atom. The van der Waals surface area contributed by atoms with E-state index in [2.05, 4.69) is 11.4 Å². The molecule has 1 unspecified atom stereocenters. The Morgan fingerprint density at radius 2 is 1.85 bits per heavy atom. The summed E-state index contributed by atoms with van der Waals surface area (Å²) in [5, 5.41) is 14.7. The number of thioether (sulfide) groups is 1. The lowest BCUT2D eigenvalue weighted by molar-refractivity contribution is -0.384. The van der Waals surface area contributed by atoms with E-state index in [1.54, 1.807) is 43.1 Å². The molecule has 1 amide bonds. The maximum absolute atomic E-state index is 12.9. The van der Waals surface area contributed by atoms with E-state index < -0.39 is 26.5 Å². The summed E-state index contributed by atoms with van der Waals surface area (Å²) in [5.74, 6) is -0.167. The second-order valence-corrected chi connectivity index (χ2v) is 12.1. The number of anilines is 1. The van der Waals surface area contributed by atoms with Gasteiger partial charge < -0.3 is 10.1 Å². The van der Waals surface area contributed by atoms with Crippen LogP contribution in [-0.2, 0) is 14.8 Å². The van der Waals surface area contributed by atoms with E-state index in [1.165, 1.54) is 12.1 Å². The van der Waals surface area contributed by atoms with E-state index >= 15 is 0 Å². The number of methoxy groups -OCH3 is 1. The molecule has 40 heavy (non-hydrogen) atoms. The quantitative estimate of drug-likeness (QED) is 0.124. The minimum Gasteiger partial charge on any atom is -0.381 e. The number of nitro benzene ring substituents is 1. The van der Waals surface area contributed by atoms with E-state index in [-0.39, 0.29) is 22.3 Å². The number of benzene rings is 3. The summed E-state index contributed by atoms with van der Waals surface area (Å²) in [7, 11) is -2.65. The Morgan fingerprint density at radius 3 is 2.55 bits per heavy atom. The molecule has 11 heteroatoms. The normalized spacial score (nSPS) is 15.5. The second kappa shape index (κ2) is 13.6. The van der Waals surface area contributed by atoms with Crippen LogP contribution in [0, 0.1) is 10.1 Å². The number of allylic oxidation sites excluding steroid dienone is 1. The SMILES string of the molecule is COC1CCCC=C(c2ccc(C(=O)NS(=O)(=O)c3ccc(NCCSc4ccccc4)c([N+](=O)[O-])c3)cc2)C1. The zero-order valence-corrected chi connectivity index (χ0v) is 23.7. The highest BCUT2D eigenvalue weighted by Crippen LogP contribution is 2.29. The number of hydrogen-bond acceptors (Lipinski definition) is 8. The van der Waals surface area contributed by atoms with Crippen LogP contribution in [0.1, 0.15) is 41.6 Å². The van der Waals surface area contributed by atoms with Crippen LogP contribution >= 0.6 is 11.8 Å². The molecule has 9 nitrogen and oxygen atoms in total. The maximum Gasteiger partial charge on any atom is 0.293 e. The smallest absolute Gasteiger partial charge is 0.293 e. The third kappa shape index (κ3) is 7.71. The van der Waals surface area contributed by atoms with Crippen LogP contribution < -0.4 is 10.0 Å². The van der Waals surface area contributed by atoms with Crippen molar-refractivity contribution in [3.05, 3.63) is 100 Å². The summed E-state index contributed by atoms with van der Waals surface area (Å²) in [6, 6.07) is 20.0. The van der Waals surface area contributed by atoms with Crippen molar-refractivity contribution in [2.24, 2.45) is 0 Å². The lowest BCUT2D eigenvalue weighted by Crippen LogP contribution is -2.30. The van der Waals surface area contributed by atoms with Crippen LogP contribution in [0.5, 0.6) is 0 Å². The molecule has 2 N–H and O–H groups in total. The maximum atomic E-state index is 12.9. The molecular formula is C29H31N3O6S2. The molecule has 0 aliphatic heterocycles. The third-order valence-corrected chi connectivity index (χ3v) is 8.89. The molecule has 210 valence electrons. The Kier molecular flexibility index (Phi) is 9.97. The molecule has 1 aliphatic rings. The van der Waals surface area contributed by atoms with Gasteiger partial charge in [0.25, 0.3) is 21.6 Å². The number of ether oxygens (including phenoxy) is 1. The predicted molar refractivity (Wildman–Crippen MR) is 157 cm³/mol. The topological polar surface area (TPSA) is 128 Å². The Hall–Kier alpha value is -3.67. The van der Waals surface area contributed by atoms with Gasteiger partial charge in [-0.25, -0.2) is 13.1 Å². The predicted octanol–water partition coefficient (Wildman–Crippen LogP) is 5.89. The largest absolute Gasteiger partial charge is 0.381 e. The average Bonchev–Trinajstić information content (AvgIpc) is 3.21. The van der Waals surface area contributed by atoms with Crippen LogP contribution in [0.3, 0.4) is 0 Å². The molecule has 0 heterocycles. The van der Waals surface area contributed by atoms with Crippen LogP contribution in [0.15, 0.2) is 88.7 Å². The number of nitro groups is 1. The molecule has 4 rings (SSSR count). The minimum absolute atomic E-state index is 0.140. The van der Waals surface area contributed by atoms with Gasteiger partial charge in [-0.15, -0.1) is 11.8 Å². The number of nitrogens with one attached hydrogen (secondary N) is 2. The molecule has 0 saturated carbocycles. The third-order valence-electron chi connectivity index (χ3n) is 6.55. The van der Waals surface area contributed by atoms with Crippen molar-refractivity contribution in [3.8, 4) is 0 Å². The van der Waals surface area contributed by atoms with Crippen molar-refractivity contribution in [2.45, 2.75) is 41.6 Å². The molecule has 1 aliphatic carbocycles. The van der Waals surface area contributed by atoms with Crippen molar-refractivity contribution < 1.29 is 22.9 Å². The number of amides is 1. The van der Waals surface area contributed by atoms with E-state index in [0.717, 1.165) is 47.8 Å². The molecule has 1 atom stereocenters. The monoisotopic (exact) mass is 581 g/mol. The highest BCUT2D eigenvalue weighted by atomic mass is 32.2. The first kappa shape index (κ1) is 29.3. The van der Waals surface area contributed by atoms with Crippen molar-refractivity contribution in [1.82, 2.24) is 4.72 Å². The van der Waals surface area contributed by atoms with Gasteiger partial charge in [-0.05, 0) is 73.2 Å². The van der Waals surface area contributed by atoms with Crippen LogP contribution in [0.2, 0.25) is 0 Å². The van der Waals surface area contributed by atoms with Gasteiger partial charge in [0, 0.05) is 35.9 Å². The summed E-state index contributed by atoms with van der Waals surface area (Å²) >= 11 is 1.59. The summed E-state index contributed by atoms with van der Waals surface area (Å²) in [6.07, 6.45) is 6.06. The molecule has 0 bridgehead atoms. The molecule has 0 radical (unpaired) electrons. The number of rotatable bonds is 11. The van der Waals surface area contributed by atoms with Gasteiger partial charge in [0.1, 0.15) is 5.69 Å². The van der Waals surface area contributed by atoms with E-state index in [9.17, 15) is 23.3 Å². The minimum atomic E-state index is -4.35. The lowest BCUT2D eigenvalue weighted by Gasteiger charge is -2.15. The van der Waals surface area contributed by atoms with Gasteiger partial charge in [-0.1, -0.05) is 36.4 Å². The van der Waals surface area contributed by atoms with Gasteiger partial charge in [0.2, 0.25) is 0 Å². The standard InChI is InChI=1S/C29H31N3O6S2/c1-38-24-8-6-5-7-23(19-24)21-11-13-22(14-12-21)29(33)31-40(36,37)26-15-16-27(28(20-26)32(34)35)30-17-18-39-25-9-3-2-4-10-25/h2-4,7,9-16,20,24,30H,5-6,8,17-19H2,1H3,(H,31,33). The first-order valence-corrected chi connectivity index (χ1v) is 15.3. The van der Waals surface area contributed by atoms with Gasteiger partial charge in [0.15, 0.2) is 0 Å². The number of nitrogens with zero attached hydrogens (tertiary/aromatic N) is 1. The summed E-state index contributed by atoms with van der Waals surface area (Å²) in [5.41, 5.74) is 2.04. The molecule has 3 aromatic carbocycles. The lowest BCUT2D eigenvalue weighted by atomic mass is 9.99. The Labute approximate surface area is 238 Å². The average molecular weight is 582 g/mol. The zero-order chi connectivity index (χ0) is 28.5. The van der Waals surface area contributed by atoms with E-state index in [0.29, 0.717) is 12.3 Å². The second-order valence-electron chi connectivity index (χ2n) is 9.26. The van der Waals surface area contributed by atoms with E-state index in [4.69, 9.17) is 4.74 Å². The molecule has 0 aromatic heterocycles. The summed E-state index contributed by atoms with van der Waals surface area (Å²) in [6.45, 7) is 0.433. The molecule has 3 aromatic rings.